The number of halogens is 1. The quantitative estimate of drug-likeness (QED) is 0.696. The molecule has 0 N–H and O–H groups in total. The van der Waals surface area contributed by atoms with Crippen molar-refractivity contribution in [2.24, 2.45) is 11.3 Å². The predicted molar refractivity (Wildman–Crippen MR) is 83.1 cm³/mol. The molecule has 0 amide bonds. The van der Waals surface area contributed by atoms with Crippen LogP contribution in [0.15, 0.2) is 12.1 Å². The van der Waals surface area contributed by atoms with Crippen molar-refractivity contribution >= 4 is 17.4 Å². The first kappa shape index (κ1) is 15.5. The van der Waals surface area contributed by atoms with Crippen molar-refractivity contribution in [3.63, 3.8) is 0 Å². The molecule has 0 spiro atoms. The lowest BCUT2D eigenvalue weighted by molar-refractivity contribution is -0.128. The van der Waals surface area contributed by atoms with Crippen LogP contribution in [0.25, 0.3) is 0 Å². The summed E-state index contributed by atoms with van der Waals surface area (Å²) in [6, 6.07) is 3.89. The number of hydrogen-bond donors (Lipinski definition) is 0. The van der Waals surface area contributed by atoms with Crippen LogP contribution in [0.3, 0.4) is 0 Å². The third kappa shape index (κ3) is 2.63. The molecular formula is C17H24ClNO. The number of pyridine rings is 1. The summed E-state index contributed by atoms with van der Waals surface area (Å²) in [4.78, 5) is 17.1. The smallest absolute Gasteiger partial charge is 0.142 e. The van der Waals surface area contributed by atoms with E-state index in [0.717, 1.165) is 31.4 Å². The number of nitrogens with zero attached hydrogens (tertiary/aromatic N) is 1. The van der Waals surface area contributed by atoms with Crippen LogP contribution in [0.2, 0.25) is 5.15 Å². The predicted octanol–water partition coefficient (Wildman–Crippen LogP) is 4.93. The van der Waals surface area contributed by atoms with Gasteiger partial charge in [-0.25, -0.2) is 4.98 Å². The van der Waals surface area contributed by atoms with Crippen molar-refractivity contribution in [3.8, 4) is 0 Å². The topological polar surface area (TPSA) is 30.0 Å². The van der Waals surface area contributed by atoms with Crippen molar-refractivity contribution in [2.75, 3.05) is 0 Å². The summed E-state index contributed by atoms with van der Waals surface area (Å²) >= 11 is 5.93. The van der Waals surface area contributed by atoms with Crippen molar-refractivity contribution in [3.05, 3.63) is 28.5 Å². The number of carbonyl (C=O) groups is 1. The zero-order valence-electron chi connectivity index (χ0n) is 12.9. The molecule has 20 heavy (non-hydrogen) atoms. The highest BCUT2D eigenvalue weighted by atomic mass is 35.5. The van der Waals surface area contributed by atoms with Crippen LogP contribution in [0, 0.1) is 18.3 Å². The molecule has 2 nitrogen and oxygen atoms in total. The fraction of sp³-hybridized carbons (Fsp3) is 0.647. The first-order valence-electron chi connectivity index (χ1n) is 7.63. The first-order valence-corrected chi connectivity index (χ1v) is 8.01. The van der Waals surface area contributed by atoms with Crippen LogP contribution < -0.4 is 0 Å². The molecule has 0 aliphatic heterocycles. The second-order valence-corrected chi connectivity index (χ2v) is 6.53. The Labute approximate surface area is 126 Å². The van der Waals surface area contributed by atoms with E-state index in [0.29, 0.717) is 16.9 Å². The largest absolute Gasteiger partial charge is 0.299 e. The Morgan fingerprint density at radius 2 is 2.20 bits per heavy atom. The van der Waals surface area contributed by atoms with Gasteiger partial charge in [0.05, 0.1) is 0 Å². The first-order chi connectivity index (χ1) is 9.46. The molecule has 1 aromatic rings. The molecule has 1 saturated carbocycles. The van der Waals surface area contributed by atoms with Gasteiger partial charge in [-0.05, 0) is 43.7 Å². The van der Waals surface area contributed by atoms with Gasteiger partial charge in [-0.1, -0.05) is 44.9 Å². The Morgan fingerprint density at radius 3 is 2.75 bits per heavy atom. The molecule has 1 heterocycles. The standard InChI is InChI=1S/C17H24ClNO/c1-5-9-17(16(20)11(3)6-2)10-14(17)13-7-8-15(18)19-12(13)4/h7-8,11,14H,5-6,9-10H2,1-4H3. The number of aromatic nitrogens is 1. The molecule has 110 valence electrons. The maximum Gasteiger partial charge on any atom is 0.142 e. The number of hydrogen-bond acceptors (Lipinski definition) is 2. The maximum absolute atomic E-state index is 12.8. The molecule has 1 aliphatic carbocycles. The van der Waals surface area contributed by atoms with Crippen LogP contribution in [-0.2, 0) is 4.79 Å². The zero-order valence-corrected chi connectivity index (χ0v) is 13.6. The Balaban J connectivity index is 2.28. The van der Waals surface area contributed by atoms with Gasteiger partial charge in [-0.3, -0.25) is 4.79 Å². The van der Waals surface area contributed by atoms with E-state index in [1.807, 2.05) is 13.0 Å². The van der Waals surface area contributed by atoms with E-state index in [9.17, 15) is 4.79 Å². The molecule has 3 unspecified atom stereocenters. The lowest BCUT2D eigenvalue weighted by atomic mass is 9.83. The molecular weight excluding hydrogens is 270 g/mol. The SMILES string of the molecule is CCCC1(C(=O)C(C)CC)CC1c1ccc(Cl)nc1C. The number of Topliss-reactive ketones (excluding diaryl/α,β-unsaturated/α-hetero) is 1. The third-order valence-corrected chi connectivity index (χ3v) is 5.00. The molecule has 0 radical (unpaired) electrons. The lowest BCUT2D eigenvalue weighted by Crippen LogP contribution is -2.24. The molecule has 0 bridgehead atoms. The number of carbonyl (C=O) groups excluding carboxylic acids is 1. The highest BCUT2D eigenvalue weighted by molar-refractivity contribution is 6.29. The summed E-state index contributed by atoms with van der Waals surface area (Å²) in [5.74, 6) is 0.946. The zero-order chi connectivity index (χ0) is 14.9. The average molecular weight is 294 g/mol. The molecule has 1 aliphatic rings. The second-order valence-electron chi connectivity index (χ2n) is 6.15. The second kappa shape index (κ2) is 5.85. The lowest BCUT2D eigenvalue weighted by Gasteiger charge is -2.20. The van der Waals surface area contributed by atoms with E-state index in [4.69, 9.17) is 11.6 Å². The van der Waals surface area contributed by atoms with E-state index in [1.165, 1.54) is 5.56 Å². The van der Waals surface area contributed by atoms with Gasteiger partial charge in [0.15, 0.2) is 0 Å². The summed E-state index contributed by atoms with van der Waals surface area (Å²) in [5, 5.41) is 0.529. The van der Waals surface area contributed by atoms with Gasteiger partial charge in [-0.2, -0.15) is 0 Å². The Hall–Kier alpha value is -0.890. The Kier molecular flexibility index (Phi) is 4.53. The summed E-state index contributed by atoms with van der Waals surface area (Å²) in [6.45, 7) is 8.30. The van der Waals surface area contributed by atoms with Gasteiger partial charge in [0.2, 0.25) is 0 Å². The van der Waals surface area contributed by atoms with Crippen molar-refractivity contribution in [1.29, 1.82) is 0 Å². The van der Waals surface area contributed by atoms with Crippen molar-refractivity contribution < 1.29 is 4.79 Å². The molecule has 0 saturated heterocycles. The normalized spacial score (nSPS) is 26.4. The molecule has 1 aromatic heterocycles. The van der Waals surface area contributed by atoms with Gasteiger partial charge in [0, 0.05) is 17.0 Å². The monoisotopic (exact) mass is 293 g/mol. The van der Waals surface area contributed by atoms with Gasteiger partial charge in [0.25, 0.3) is 0 Å². The van der Waals surface area contributed by atoms with Gasteiger partial charge < -0.3 is 0 Å². The number of rotatable bonds is 6. The fourth-order valence-electron chi connectivity index (χ4n) is 3.42. The summed E-state index contributed by atoms with van der Waals surface area (Å²) in [5.41, 5.74) is 2.04. The molecule has 2 rings (SSSR count). The fourth-order valence-corrected chi connectivity index (χ4v) is 3.61. The molecule has 3 atom stereocenters. The summed E-state index contributed by atoms with van der Waals surface area (Å²) < 4.78 is 0. The maximum atomic E-state index is 12.8. The molecule has 1 fully saturated rings. The van der Waals surface area contributed by atoms with E-state index in [-0.39, 0.29) is 11.3 Å². The Morgan fingerprint density at radius 1 is 1.50 bits per heavy atom. The number of ketones is 1. The van der Waals surface area contributed by atoms with Gasteiger partial charge in [-0.15, -0.1) is 0 Å². The van der Waals surface area contributed by atoms with Crippen LogP contribution >= 0.6 is 11.6 Å². The highest BCUT2D eigenvalue weighted by Gasteiger charge is 2.59. The average Bonchev–Trinajstić information content (AvgIpc) is 3.12. The van der Waals surface area contributed by atoms with E-state index in [1.54, 1.807) is 0 Å². The van der Waals surface area contributed by atoms with E-state index >= 15 is 0 Å². The van der Waals surface area contributed by atoms with Crippen LogP contribution in [0.4, 0.5) is 0 Å². The number of aryl methyl sites for hydroxylation is 1. The molecule has 0 aromatic carbocycles. The van der Waals surface area contributed by atoms with Crippen LogP contribution in [-0.4, -0.2) is 10.8 Å². The van der Waals surface area contributed by atoms with Crippen LogP contribution in [0.5, 0.6) is 0 Å². The summed E-state index contributed by atoms with van der Waals surface area (Å²) in [6.07, 6.45) is 3.95. The van der Waals surface area contributed by atoms with E-state index < -0.39 is 0 Å². The minimum Gasteiger partial charge on any atom is -0.299 e. The van der Waals surface area contributed by atoms with Crippen LogP contribution in [0.1, 0.15) is 63.6 Å². The third-order valence-electron chi connectivity index (χ3n) is 4.79. The minimum absolute atomic E-state index is 0.134. The molecule has 3 heteroatoms. The minimum atomic E-state index is -0.134. The highest BCUT2D eigenvalue weighted by Crippen LogP contribution is 2.64. The van der Waals surface area contributed by atoms with Crippen molar-refractivity contribution in [1.82, 2.24) is 4.98 Å². The van der Waals surface area contributed by atoms with E-state index in [2.05, 4.69) is 31.8 Å². The van der Waals surface area contributed by atoms with Gasteiger partial charge in [0.1, 0.15) is 10.9 Å². The Bertz CT molecular complexity index is 514. The summed E-state index contributed by atoms with van der Waals surface area (Å²) in [7, 11) is 0. The van der Waals surface area contributed by atoms with Crippen molar-refractivity contribution in [2.45, 2.75) is 59.3 Å². The van der Waals surface area contributed by atoms with Gasteiger partial charge >= 0.3 is 0 Å².